The highest BCUT2D eigenvalue weighted by Crippen LogP contribution is 2.49. The van der Waals surface area contributed by atoms with Crippen LogP contribution >= 0.6 is 11.6 Å². The number of halogens is 1. The lowest BCUT2D eigenvalue weighted by Gasteiger charge is -2.33. The smallest absolute Gasteiger partial charge is 0.310 e. The van der Waals surface area contributed by atoms with Crippen molar-refractivity contribution in [1.29, 1.82) is 0 Å². The SMILES string of the molecule is NCC(c1ccccc1Cl)C1(C(=O)O)CCCC1. The van der Waals surface area contributed by atoms with Crippen molar-refractivity contribution in [2.45, 2.75) is 31.6 Å². The number of hydrogen-bond acceptors (Lipinski definition) is 2. The first-order valence-corrected chi connectivity index (χ1v) is 6.67. The number of rotatable bonds is 4. The molecule has 1 unspecified atom stereocenters. The van der Waals surface area contributed by atoms with E-state index in [0.29, 0.717) is 24.4 Å². The molecule has 0 aliphatic heterocycles. The number of carboxylic acids is 1. The summed E-state index contributed by atoms with van der Waals surface area (Å²) in [7, 11) is 0. The Morgan fingerprint density at radius 1 is 1.39 bits per heavy atom. The van der Waals surface area contributed by atoms with Crippen LogP contribution in [0.5, 0.6) is 0 Å². The molecule has 1 aromatic rings. The van der Waals surface area contributed by atoms with Gasteiger partial charge < -0.3 is 10.8 Å². The van der Waals surface area contributed by atoms with Crippen molar-refractivity contribution in [2.24, 2.45) is 11.1 Å². The van der Waals surface area contributed by atoms with Crippen LogP contribution in [0.1, 0.15) is 37.2 Å². The molecule has 98 valence electrons. The normalized spacial score (nSPS) is 19.7. The first-order chi connectivity index (χ1) is 8.62. The van der Waals surface area contributed by atoms with E-state index in [9.17, 15) is 9.90 Å². The molecule has 0 heterocycles. The highest BCUT2D eigenvalue weighted by atomic mass is 35.5. The van der Waals surface area contributed by atoms with Gasteiger partial charge in [-0.2, -0.15) is 0 Å². The fraction of sp³-hybridized carbons (Fsp3) is 0.500. The van der Waals surface area contributed by atoms with Gasteiger partial charge in [0.25, 0.3) is 0 Å². The van der Waals surface area contributed by atoms with Crippen LogP contribution in [0.3, 0.4) is 0 Å². The molecule has 0 amide bonds. The monoisotopic (exact) mass is 267 g/mol. The van der Waals surface area contributed by atoms with Crippen molar-refractivity contribution >= 4 is 17.6 Å². The van der Waals surface area contributed by atoms with Gasteiger partial charge in [-0.05, 0) is 24.5 Å². The Labute approximate surface area is 112 Å². The molecular weight excluding hydrogens is 250 g/mol. The molecule has 1 fully saturated rings. The largest absolute Gasteiger partial charge is 0.481 e. The maximum atomic E-state index is 11.7. The lowest BCUT2D eigenvalue weighted by molar-refractivity contribution is -0.150. The van der Waals surface area contributed by atoms with Gasteiger partial charge in [0.1, 0.15) is 0 Å². The highest BCUT2D eigenvalue weighted by Gasteiger charge is 2.48. The average Bonchev–Trinajstić information content (AvgIpc) is 2.83. The fourth-order valence-electron chi connectivity index (χ4n) is 3.13. The first kappa shape index (κ1) is 13.4. The summed E-state index contributed by atoms with van der Waals surface area (Å²) in [6.45, 7) is 0.316. The van der Waals surface area contributed by atoms with Crippen LogP contribution in [0.4, 0.5) is 0 Å². The maximum Gasteiger partial charge on any atom is 0.310 e. The van der Waals surface area contributed by atoms with Crippen LogP contribution in [0.25, 0.3) is 0 Å². The number of nitrogens with two attached hydrogens (primary N) is 1. The molecule has 1 saturated carbocycles. The minimum Gasteiger partial charge on any atom is -0.481 e. The van der Waals surface area contributed by atoms with Gasteiger partial charge in [0.2, 0.25) is 0 Å². The molecule has 2 rings (SSSR count). The van der Waals surface area contributed by atoms with Crippen molar-refractivity contribution in [1.82, 2.24) is 0 Å². The van der Waals surface area contributed by atoms with Gasteiger partial charge in [0.05, 0.1) is 5.41 Å². The van der Waals surface area contributed by atoms with Gasteiger partial charge >= 0.3 is 5.97 Å². The molecule has 1 atom stereocenters. The highest BCUT2D eigenvalue weighted by molar-refractivity contribution is 6.31. The van der Waals surface area contributed by atoms with Crippen molar-refractivity contribution in [3.05, 3.63) is 34.9 Å². The van der Waals surface area contributed by atoms with E-state index in [4.69, 9.17) is 17.3 Å². The number of aliphatic carboxylic acids is 1. The molecule has 4 heteroatoms. The predicted molar refractivity (Wildman–Crippen MR) is 71.8 cm³/mol. The summed E-state index contributed by atoms with van der Waals surface area (Å²) in [5.41, 5.74) is 5.98. The number of benzene rings is 1. The van der Waals surface area contributed by atoms with Gasteiger partial charge in [-0.1, -0.05) is 42.6 Å². The molecule has 3 N–H and O–H groups in total. The number of carboxylic acid groups (broad SMARTS) is 1. The fourth-order valence-corrected chi connectivity index (χ4v) is 3.39. The molecule has 3 nitrogen and oxygen atoms in total. The summed E-state index contributed by atoms with van der Waals surface area (Å²) >= 11 is 6.19. The van der Waals surface area contributed by atoms with Gasteiger partial charge in [-0.15, -0.1) is 0 Å². The zero-order chi connectivity index (χ0) is 13.2. The van der Waals surface area contributed by atoms with E-state index >= 15 is 0 Å². The summed E-state index contributed by atoms with van der Waals surface area (Å²) in [5, 5.41) is 10.2. The second kappa shape index (κ2) is 5.29. The molecule has 18 heavy (non-hydrogen) atoms. The van der Waals surface area contributed by atoms with Gasteiger partial charge in [0.15, 0.2) is 0 Å². The van der Waals surface area contributed by atoms with E-state index in [1.807, 2.05) is 18.2 Å². The summed E-state index contributed by atoms with van der Waals surface area (Å²) in [4.78, 5) is 11.7. The Balaban J connectivity index is 2.44. The quantitative estimate of drug-likeness (QED) is 0.881. The molecule has 1 aromatic carbocycles. The zero-order valence-electron chi connectivity index (χ0n) is 10.2. The molecule has 0 aromatic heterocycles. The Hall–Kier alpha value is -1.06. The molecular formula is C14H18ClNO2. The third-order valence-electron chi connectivity index (χ3n) is 4.11. The summed E-state index contributed by atoms with van der Waals surface area (Å²) in [6, 6.07) is 7.42. The van der Waals surface area contributed by atoms with E-state index in [1.165, 1.54) is 0 Å². The van der Waals surface area contributed by atoms with E-state index in [-0.39, 0.29) is 5.92 Å². The van der Waals surface area contributed by atoms with Crippen LogP contribution in [0, 0.1) is 5.41 Å². The van der Waals surface area contributed by atoms with Gasteiger partial charge in [0, 0.05) is 17.5 Å². The van der Waals surface area contributed by atoms with Crippen LogP contribution in [0.2, 0.25) is 5.02 Å². The van der Waals surface area contributed by atoms with E-state index < -0.39 is 11.4 Å². The van der Waals surface area contributed by atoms with Crippen molar-refractivity contribution in [3.8, 4) is 0 Å². The van der Waals surface area contributed by atoms with Crippen molar-refractivity contribution in [3.63, 3.8) is 0 Å². The lowest BCUT2D eigenvalue weighted by Crippen LogP contribution is -2.38. The molecule has 0 saturated heterocycles. The lowest BCUT2D eigenvalue weighted by atomic mass is 9.70. The third-order valence-corrected chi connectivity index (χ3v) is 4.45. The molecule has 1 aliphatic rings. The minimum absolute atomic E-state index is 0.203. The number of carbonyl (C=O) groups is 1. The number of hydrogen-bond donors (Lipinski definition) is 2. The zero-order valence-corrected chi connectivity index (χ0v) is 11.0. The predicted octanol–water partition coefficient (Wildman–Crippen LogP) is 3.03. The standard InChI is InChI=1S/C14H18ClNO2/c15-12-6-2-1-5-10(12)11(9-16)14(13(17)18)7-3-4-8-14/h1-2,5-6,11H,3-4,7-9,16H2,(H,17,18). The summed E-state index contributed by atoms with van der Waals surface area (Å²) in [6.07, 6.45) is 3.28. The van der Waals surface area contributed by atoms with Crippen LogP contribution in [-0.2, 0) is 4.79 Å². The maximum absolute atomic E-state index is 11.7. The van der Waals surface area contributed by atoms with Gasteiger partial charge in [-0.3, -0.25) is 4.79 Å². The molecule has 0 spiro atoms. The molecule has 0 bridgehead atoms. The second-order valence-corrected chi connectivity index (χ2v) is 5.39. The van der Waals surface area contributed by atoms with Crippen LogP contribution < -0.4 is 5.73 Å². The van der Waals surface area contributed by atoms with Crippen LogP contribution in [-0.4, -0.2) is 17.6 Å². The van der Waals surface area contributed by atoms with E-state index in [1.54, 1.807) is 6.07 Å². The van der Waals surface area contributed by atoms with Gasteiger partial charge in [-0.25, -0.2) is 0 Å². The first-order valence-electron chi connectivity index (χ1n) is 6.30. The van der Waals surface area contributed by atoms with Crippen molar-refractivity contribution < 1.29 is 9.90 Å². The molecule has 1 aliphatic carbocycles. The summed E-state index contributed by atoms with van der Waals surface area (Å²) in [5.74, 6) is -0.943. The Morgan fingerprint density at radius 3 is 2.50 bits per heavy atom. The van der Waals surface area contributed by atoms with Crippen molar-refractivity contribution in [2.75, 3.05) is 6.54 Å². The van der Waals surface area contributed by atoms with E-state index in [2.05, 4.69) is 0 Å². The second-order valence-electron chi connectivity index (χ2n) is 4.98. The Bertz CT molecular complexity index is 441. The Morgan fingerprint density at radius 2 is 2.00 bits per heavy atom. The topological polar surface area (TPSA) is 63.3 Å². The molecule has 0 radical (unpaired) electrons. The Kier molecular flexibility index (Phi) is 3.93. The van der Waals surface area contributed by atoms with Crippen LogP contribution in [0.15, 0.2) is 24.3 Å². The summed E-state index contributed by atoms with van der Waals surface area (Å²) < 4.78 is 0. The third kappa shape index (κ3) is 2.13. The average molecular weight is 268 g/mol. The van der Waals surface area contributed by atoms with E-state index in [0.717, 1.165) is 18.4 Å². The minimum atomic E-state index is -0.740.